The zero-order chi connectivity index (χ0) is 14.7. The van der Waals surface area contributed by atoms with Crippen molar-refractivity contribution in [2.24, 2.45) is 5.73 Å². The number of halogens is 4. The van der Waals surface area contributed by atoms with Gasteiger partial charge in [0.05, 0.1) is 0 Å². The molecule has 0 fully saturated rings. The Morgan fingerprint density at radius 3 is 2.05 bits per heavy atom. The second kappa shape index (κ2) is 5.55. The van der Waals surface area contributed by atoms with Gasteiger partial charge in [-0.05, 0) is 6.92 Å². The minimum Gasteiger partial charge on any atom is -0.369 e. The van der Waals surface area contributed by atoms with Gasteiger partial charge in [0, 0.05) is 6.07 Å². The van der Waals surface area contributed by atoms with Gasteiger partial charge >= 0.3 is 6.03 Å². The Balaban J connectivity index is 3.00. The number of hydrogen-bond donors (Lipinski definition) is 3. The molecule has 1 rings (SSSR count). The molecule has 0 bridgehead atoms. The molecule has 1 atom stereocenters. The number of carbonyl (C=O) groups is 2. The van der Waals surface area contributed by atoms with E-state index < -0.39 is 46.9 Å². The lowest BCUT2D eigenvalue weighted by Crippen LogP contribution is -2.43. The highest BCUT2D eigenvalue weighted by Crippen LogP contribution is 2.24. The van der Waals surface area contributed by atoms with Crippen LogP contribution in [-0.4, -0.2) is 18.0 Å². The highest BCUT2D eigenvalue weighted by Gasteiger charge is 2.23. The van der Waals surface area contributed by atoms with E-state index in [1.165, 1.54) is 0 Å². The van der Waals surface area contributed by atoms with Crippen molar-refractivity contribution < 1.29 is 27.2 Å². The summed E-state index contributed by atoms with van der Waals surface area (Å²) in [6.07, 6.45) is 0. The molecule has 19 heavy (non-hydrogen) atoms. The van der Waals surface area contributed by atoms with E-state index in [9.17, 15) is 27.2 Å². The van der Waals surface area contributed by atoms with Crippen LogP contribution in [0.25, 0.3) is 0 Å². The predicted molar refractivity (Wildman–Crippen MR) is 57.1 cm³/mol. The molecule has 1 unspecified atom stereocenters. The molecule has 0 spiro atoms. The van der Waals surface area contributed by atoms with Crippen molar-refractivity contribution >= 4 is 17.6 Å². The third-order valence-corrected chi connectivity index (χ3v) is 2.11. The molecule has 0 aromatic heterocycles. The lowest BCUT2D eigenvalue weighted by Gasteiger charge is -2.15. The Hall–Kier alpha value is -2.32. The number of benzene rings is 1. The standard InChI is InChI=1S/C10H9F4N3O2/c1-3(9(18)17-10(15)19)16-8-6(13)4(11)2-5(12)7(8)14/h2-3,16H,1H3,(H3,15,17,18,19). The van der Waals surface area contributed by atoms with Crippen LogP contribution >= 0.6 is 0 Å². The highest BCUT2D eigenvalue weighted by molar-refractivity contribution is 5.97. The molecule has 5 nitrogen and oxygen atoms in total. The predicted octanol–water partition coefficient (Wildman–Crippen LogP) is 1.24. The van der Waals surface area contributed by atoms with Crippen molar-refractivity contribution in [2.75, 3.05) is 5.32 Å². The summed E-state index contributed by atoms with van der Waals surface area (Å²) in [5.41, 5.74) is 3.52. The number of amides is 3. The monoisotopic (exact) mass is 279 g/mol. The van der Waals surface area contributed by atoms with E-state index in [1.54, 1.807) is 5.32 Å². The fourth-order valence-electron chi connectivity index (χ4n) is 1.21. The van der Waals surface area contributed by atoms with Crippen LogP contribution in [0, 0.1) is 23.3 Å². The highest BCUT2D eigenvalue weighted by atomic mass is 19.2. The second-order valence-electron chi connectivity index (χ2n) is 3.56. The first-order valence-electron chi connectivity index (χ1n) is 4.93. The van der Waals surface area contributed by atoms with Crippen molar-refractivity contribution in [3.05, 3.63) is 29.3 Å². The Bertz CT molecular complexity index is 510. The summed E-state index contributed by atoms with van der Waals surface area (Å²) in [6.45, 7) is 1.11. The smallest absolute Gasteiger partial charge is 0.318 e. The minimum atomic E-state index is -1.68. The molecule has 0 aliphatic rings. The summed E-state index contributed by atoms with van der Waals surface area (Å²) in [6, 6.07) is -2.49. The van der Waals surface area contributed by atoms with Gasteiger partial charge in [0.1, 0.15) is 11.7 Å². The van der Waals surface area contributed by atoms with Crippen LogP contribution in [0.2, 0.25) is 0 Å². The quantitative estimate of drug-likeness (QED) is 0.575. The Kier molecular flexibility index (Phi) is 4.30. The third-order valence-electron chi connectivity index (χ3n) is 2.11. The van der Waals surface area contributed by atoms with E-state index in [0.717, 1.165) is 6.92 Å². The number of primary amides is 1. The van der Waals surface area contributed by atoms with E-state index in [2.05, 4.69) is 5.73 Å². The third kappa shape index (κ3) is 3.33. The number of nitrogens with one attached hydrogen (secondary N) is 2. The Labute approximate surface area is 104 Å². The molecule has 4 N–H and O–H groups in total. The van der Waals surface area contributed by atoms with E-state index >= 15 is 0 Å². The summed E-state index contributed by atoms with van der Waals surface area (Å²) in [5, 5.41) is 3.55. The van der Waals surface area contributed by atoms with Crippen LogP contribution in [-0.2, 0) is 4.79 Å². The summed E-state index contributed by atoms with van der Waals surface area (Å²) in [4.78, 5) is 21.6. The summed E-state index contributed by atoms with van der Waals surface area (Å²) >= 11 is 0. The van der Waals surface area contributed by atoms with Crippen LogP contribution in [0.5, 0.6) is 0 Å². The Morgan fingerprint density at radius 2 is 1.63 bits per heavy atom. The van der Waals surface area contributed by atoms with Crippen LogP contribution in [0.1, 0.15) is 6.92 Å². The zero-order valence-corrected chi connectivity index (χ0v) is 9.56. The second-order valence-corrected chi connectivity index (χ2v) is 3.56. The first-order chi connectivity index (χ1) is 8.73. The maximum atomic E-state index is 13.3. The maximum Gasteiger partial charge on any atom is 0.318 e. The number of anilines is 1. The molecule has 0 aliphatic carbocycles. The van der Waals surface area contributed by atoms with Crippen molar-refractivity contribution in [1.82, 2.24) is 5.32 Å². The molecular weight excluding hydrogens is 270 g/mol. The van der Waals surface area contributed by atoms with Gasteiger partial charge in [-0.25, -0.2) is 22.4 Å². The lowest BCUT2D eigenvalue weighted by atomic mass is 10.2. The zero-order valence-electron chi connectivity index (χ0n) is 9.56. The number of imide groups is 1. The fourth-order valence-corrected chi connectivity index (χ4v) is 1.21. The first kappa shape index (κ1) is 14.7. The molecule has 104 valence electrons. The lowest BCUT2D eigenvalue weighted by molar-refractivity contribution is -0.120. The topological polar surface area (TPSA) is 84.2 Å². The molecule has 1 aromatic rings. The van der Waals surface area contributed by atoms with Gasteiger partial charge in [-0.15, -0.1) is 0 Å². The van der Waals surface area contributed by atoms with Gasteiger partial charge in [0.2, 0.25) is 5.91 Å². The van der Waals surface area contributed by atoms with Crippen molar-refractivity contribution in [3.63, 3.8) is 0 Å². The van der Waals surface area contributed by atoms with Crippen LogP contribution in [0.3, 0.4) is 0 Å². The first-order valence-corrected chi connectivity index (χ1v) is 4.93. The summed E-state index contributed by atoms with van der Waals surface area (Å²) in [5.74, 6) is -7.63. The number of rotatable bonds is 3. The molecule has 1 aromatic carbocycles. The number of nitrogens with two attached hydrogens (primary N) is 1. The minimum absolute atomic E-state index is 0.0317. The molecular formula is C10H9F4N3O2. The van der Waals surface area contributed by atoms with Crippen LogP contribution < -0.4 is 16.4 Å². The van der Waals surface area contributed by atoms with Gasteiger partial charge < -0.3 is 11.1 Å². The molecule has 9 heteroatoms. The van der Waals surface area contributed by atoms with E-state index in [-0.39, 0.29) is 6.07 Å². The molecule has 0 saturated carbocycles. The average molecular weight is 279 g/mol. The normalized spacial score (nSPS) is 11.8. The van der Waals surface area contributed by atoms with Crippen LogP contribution in [0.4, 0.5) is 28.0 Å². The molecule has 0 saturated heterocycles. The van der Waals surface area contributed by atoms with Crippen molar-refractivity contribution in [1.29, 1.82) is 0 Å². The molecule has 0 heterocycles. The fraction of sp³-hybridized carbons (Fsp3) is 0.200. The number of carbonyl (C=O) groups excluding carboxylic acids is 2. The van der Waals surface area contributed by atoms with Gasteiger partial charge in [0.15, 0.2) is 23.3 Å². The van der Waals surface area contributed by atoms with Crippen molar-refractivity contribution in [2.45, 2.75) is 13.0 Å². The summed E-state index contributed by atoms with van der Waals surface area (Å²) < 4.78 is 52.3. The molecule has 3 amide bonds. The number of urea groups is 1. The SMILES string of the molecule is CC(Nc1c(F)c(F)cc(F)c1F)C(=O)NC(N)=O. The van der Waals surface area contributed by atoms with Gasteiger partial charge in [-0.2, -0.15) is 0 Å². The summed E-state index contributed by atoms with van der Waals surface area (Å²) in [7, 11) is 0. The number of hydrogen-bond acceptors (Lipinski definition) is 3. The maximum absolute atomic E-state index is 13.3. The van der Waals surface area contributed by atoms with E-state index in [4.69, 9.17) is 0 Å². The van der Waals surface area contributed by atoms with Gasteiger partial charge in [-0.3, -0.25) is 10.1 Å². The molecule has 0 aliphatic heterocycles. The molecule has 0 radical (unpaired) electrons. The van der Waals surface area contributed by atoms with E-state index in [1.807, 2.05) is 5.32 Å². The van der Waals surface area contributed by atoms with Gasteiger partial charge in [0.25, 0.3) is 0 Å². The largest absolute Gasteiger partial charge is 0.369 e. The van der Waals surface area contributed by atoms with Crippen molar-refractivity contribution in [3.8, 4) is 0 Å². The van der Waals surface area contributed by atoms with E-state index in [0.29, 0.717) is 0 Å². The van der Waals surface area contributed by atoms with Gasteiger partial charge in [-0.1, -0.05) is 0 Å². The average Bonchev–Trinajstić information content (AvgIpc) is 2.31. The Morgan fingerprint density at radius 1 is 1.16 bits per heavy atom. The van der Waals surface area contributed by atoms with Crippen LogP contribution in [0.15, 0.2) is 6.07 Å².